The number of rotatable bonds is 5. The topological polar surface area (TPSA) is 71.3 Å². The molecule has 1 aliphatic rings. The highest BCUT2D eigenvalue weighted by Crippen LogP contribution is 2.33. The molecule has 3 rings (SSSR count). The van der Waals surface area contributed by atoms with Gasteiger partial charge in [0.05, 0.1) is 11.6 Å². The van der Waals surface area contributed by atoms with Gasteiger partial charge in [-0.15, -0.1) is 0 Å². The molecule has 7 heteroatoms. The molecule has 0 radical (unpaired) electrons. The molecule has 1 aromatic heterocycles. The van der Waals surface area contributed by atoms with E-state index in [1.54, 1.807) is 12.1 Å². The van der Waals surface area contributed by atoms with Crippen molar-refractivity contribution in [3.8, 4) is 0 Å². The van der Waals surface area contributed by atoms with Crippen LogP contribution < -0.4 is 5.32 Å². The molecule has 2 aromatic rings. The average molecular weight is 346 g/mol. The van der Waals surface area contributed by atoms with Gasteiger partial charge in [0.25, 0.3) is 0 Å². The Kier molecular flexibility index (Phi) is 4.85. The van der Waals surface area contributed by atoms with Gasteiger partial charge in [0, 0.05) is 13.5 Å². The quantitative estimate of drug-likeness (QED) is 0.901. The van der Waals surface area contributed by atoms with Gasteiger partial charge >= 0.3 is 0 Å². The maximum Gasteiger partial charge on any atom is 0.244 e. The van der Waals surface area contributed by atoms with Crippen LogP contribution in [-0.2, 0) is 16.9 Å². The molecule has 2 heterocycles. The summed E-state index contributed by atoms with van der Waals surface area (Å²) in [6, 6.07) is 6.58. The van der Waals surface area contributed by atoms with Crippen LogP contribution in [0.1, 0.15) is 56.9 Å². The summed E-state index contributed by atoms with van der Waals surface area (Å²) in [7, 11) is 0. The lowest BCUT2D eigenvalue weighted by Crippen LogP contribution is -2.40. The van der Waals surface area contributed by atoms with Crippen molar-refractivity contribution in [3.63, 3.8) is 0 Å². The highest BCUT2D eigenvalue weighted by Gasteiger charge is 2.34. The second kappa shape index (κ2) is 6.92. The summed E-state index contributed by atoms with van der Waals surface area (Å²) in [6.07, 6.45) is 1.97. The van der Waals surface area contributed by atoms with E-state index >= 15 is 0 Å². The molecule has 134 valence electrons. The number of likely N-dealkylation sites (tertiary alicyclic amines) is 1. The van der Waals surface area contributed by atoms with Gasteiger partial charge < -0.3 is 9.84 Å². The summed E-state index contributed by atoms with van der Waals surface area (Å²) < 4.78 is 18.6. The van der Waals surface area contributed by atoms with E-state index < -0.39 is 5.54 Å². The first kappa shape index (κ1) is 17.5. The first-order chi connectivity index (χ1) is 11.8. The molecule has 6 nitrogen and oxygen atoms in total. The number of amides is 1. The highest BCUT2D eigenvalue weighted by molar-refractivity contribution is 5.73. The number of halogens is 1. The van der Waals surface area contributed by atoms with Crippen LogP contribution >= 0.6 is 0 Å². The van der Waals surface area contributed by atoms with Crippen LogP contribution in [0.15, 0.2) is 28.8 Å². The molecule has 0 spiro atoms. The van der Waals surface area contributed by atoms with Gasteiger partial charge in [-0.3, -0.25) is 9.69 Å². The van der Waals surface area contributed by atoms with E-state index in [4.69, 9.17) is 4.52 Å². The number of nitrogens with one attached hydrogen (secondary N) is 1. The van der Waals surface area contributed by atoms with Crippen LogP contribution in [0.3, 0.4) is 0 Å². The molecule has 0 unspecified atom stereocenters. The third-order valence-corrected chi connectivity index (χ3v) is 4.44. The molecule has 25 heavy (non-hydrogen) atoms. The first-order valence-electron chi connectivity index (χ1n) is 8.46. The molecule has 1 amide bonds. The van der Waals surface area contributed by atoms with Gasteiger partial charge in [0.1, 0.15) is 5.82 Å². The number of carbonyl (C=O) groups is 1. The SMILES string of the molecule is CC(=O)NC(C)(C)c1noc([C@H]2CCCN2Cc2ccc(F)cc2)n1. The second-order valence-electron chi connectivity index (χ2n) is 7.02. The molecular weight excluding hydrogens is 323 g/mol. The van der Waals surface area contributed by atoms with Crippen LogP contribution in [0, 0.1) is 5.82 Å². The second-order valence-corrected chi connectivity index (χ2v) is 7.02. The van der Waals surface area contributed by atoms with Crippen LogP contribution in [-0.4, -0.2) is 27.5 Å². The van der Waals surface area contributed by atoms with Crippen molar-refractivity contribution in [1.29, 1.82) is 0 Å². The standard InChI is InChI=1S/C18H23FN4O2/c1-12(24)21-18(2,3)17-20-16(25-22-17)15-5-4-10-23(15)11-13-6-8-14(19)9-7-13/h6-9,15H,4-5,10-11H2,1-3H3,(H,21,24)/t15-/m1/s1. The lowest BCUT2D eigenvalue weighted by atomic mass is 10.1. The van der Waals surface area contributed by atoms with Crippen LogP contribution in [0.4, 0.5) is 4.39 Å². The van der Waals surface area contributed by atoms with E-state index in [9.17, 15) is 9.18 Å². The van der Waals surface area contributed by atoms with Gasteiger partial charge in [0.15, 0.2) is 5.82 Å². The lowest BCUT2D eigenvalue weighted by Gasteiger charge is -2.22. The van der Waals surface area contributed by atoms with Crippen LogP contribution in [0.5, 0.6) is 0 Å². The van der Waals surface area contributed by atoms with Crippen molar-refractivity contribution in [2.45, 2.75) is 51.7 Å². The molecule has 1 aliphatic heterocycles. The number of nitrogens with zero attached hydrogens (tertiary/aromatic N) is 3. The van der Waals surface area contributed by atoms with Gasteiger partial charge in [-0.05, 0) is 50.9 Å². The van der Waals surface area contributed by atoms with Gasteiger partial charge in [-0.1, -0.05) is 17.3 Å². The largest absolute Gasteiger partial charge is 0.344 e. The molecule has 1 aromatic carbocycles. The fraction of sp³-hybridized carbons (Fsp3) is 0.500. The molecule has 0 saturated carbocycles. The van der Waals surface area contributed by atoms with E-state index in [2.05, 4.69) is 20.4 Å². The lowest BCUT2D eigenvalue weighted by molar-refractivity contribution is -0.120. The van der Waals surface area contributed by atoms with Crippen molar-refractivity contribution >= 4 is 5.91 Å². The maximum absolute atomic E-state index is 13.1. The predicted molar refractivity (Wildman–Crippen MR) is 89.9 cm³/mol. The number of benzene rings is 1. The van der Waals surface area contributed by atoms with E-state index in [1.165, 1.54) is 19.1 Å². The van der Waals surface area contributed by atoms with Crippen molar-refractivity contribution in [2.75, 3.05) is 6.54 Å². The zero-order valence-electron chi connectivity index (χ0n) is 14.8. The van der Waals surface area contributed by atoms with Crippen molar-refractivity contribution in [3.05, 3.63) is 47.4 Å². The summed E-state index contributed by atoms with van der Waals surface area (Å²) in [5.74, 6) is 0.651. The van der Waals surface area contributed by atoms with Crippen molar-refractivity contribution in [1.82, 2.24) is 20.4 Å². The third kappa shape index (κ3) is 4.04. The molecule has 1 N–H and O–H groups in total. The fourth-order valence-corrected chi connectivity index (χ4v) is 3.24. The minimum Gasteiger partial charge on any atom is -0.344 e. The summed E-state index contributed by atoms with van der Waals surface area (Å²) in [5.41, 5.74) is 0.361. The third-order valence-electron chi connectivity index (χ3n) is 4.44. The highest BCUT2D eigenvalue weighted by atomic mass is 19.1. The molecule has 0 aliphatic carbocycles. The zero-order chi connectivity index (χ0) is 18.0. The number of hydrogen-bond acceptors (Lipinski definition) is 5. The average Bonchev–Trinajstić information content (AvgIpc) is 3.17. The Balaban J connectivity index is 1.74. The van der Waals surface area contributed by atoms with Gasteiger partial charge in [0.2, 0.25) is 11.8 Å². The zero-order valence-corrected chi connectivity index (χ0v) is 14.8. The molecule has 0 bridgehead atoms. The fourth-order valence-electron chi connectivity index (χ4n) is 3.24. The Hall–Kier alpha value is -2.28. The van der Waals surface area contributed by atoms with E-state index in [0.717, 1.165) is 24.9 Å². The Morgan fingerprint density at radius 3 is 2.80 bits per heavy atom. The first-order valence-corrected chi connectivity index (χ1v) is 8.46. The van der Waals surface area contributed by atoms with Crippen molar-refractivity contribution in [2.24, 2.45) is 0 Å². The smallest absolute Gasteiger partial charge is 0.244 e. The summed E-state index contributed by atoms with van der Waals surface area (Å²) in [5, 5.41) is 6.88. The summed E-state index contributed by atoms with van der Waals surface area (Å²) in [6.45, 7) is 6.78. The van der Waals surface area contributed by atoms with Gasteiger partial charge in [-0.25, -0.2) is 4.39 Å². The van der Waals surface area contributed by atoms with Crippen LogP contribution in [0.25, 0.3) is 0 Å². The van der Waals surface area contributed by atoms with Crippen LogP contribution in [0.2, 0.25) is 0 Å². The van der Waals surface area contributed by atoms with E-state index in [-0.39, 0.29) is 17.8 Å². The summed E-state index contributed by atoms with van der Waals surface area (Å²) >= 11 is 0. The Labute approximate surface area is 146 Å². The summed E-state index contributed by atoms with van der Waals surface area (Å²) in [4.78, 5) is 18.1. The number of hydrogen-bond donors (Lipinski definition) is 1. The maximum atomic E-state index is 13.1. The minimum atomic E-state index is -0.687. The molecule has 1 atom stereocenters. The monoisotopic (exact) mass is 346 g/mol. The molecule has 1 saturated heterocycles. The van der Waals surface area contributed by atoms with E-state index in [0.29, 0.717) is 18.3 Å². The number of aromatic nitrogens is 2. The minimum absolute atomic E-state index is 0.0411. The van der Waals surface area contributed by atoms with E-state index in [1.807, 2.05) is 13.8 Å². The van der Waals surface area contributed by atoms with Gasteiger partial charge in [-0.2, -0.15) is 4.98 Å². The Bertz CT molecular complexity index is 742. The number of carbonyl (C=O) groups excluding carboxylic acids is 1. The molecular formula is C18H23FN4O2. The Morgan fingerprint density at radius 1 is 1.40 bits per heavy atom. The Morgan fingerprint density at radius 2 is 2.12 bits per heavy atom. The molecule has 1 fully saturated rings. The predicted octanol–water partition coefficient (Wildman–Crippen LogP) is 2.92. The normalized spacial score (nSPS) is 18.5. The van der Waals surface area contributed by atoms with Crippen molar-refractivity contribution < 1.29 is 13.7 Å².